The average molecular weight is 465 g/mol. The molecule has 0 aromatic heterocycles. The summed E-state index contributed by atoms with van der Waals surface area (Å²) in [5.74, 6) is 1.01. The lowest BCUT2D eigenvalue weighted by Crippen LogP contribution is -1.99. The molecule has 3 aromatic carbocycles. The molecule has 0 aliphatic carbocycles. The summed E-state index contributed by atoms with van der Waals surface area (Å²) in [6, 6.07) is 21.4. The summed E-state index contributed by atoms with van der Waals surface area (Å²) in [5, 5.41) is 20.3. The predicted molar refractivity (Wildman–Crippen MR) is 118 cm³/mol. The zero-order valence-electron chi connectivity index (χ0n) is 16.0. The van der Waals surface area contributed by atoms with Crippen molar-refractivity contribution in [1.82, 2.24) is 0 Å². The number of allylic oxidation sites excluding steroid dienone is 1. The lowest BCUT2D eigenvalue weighted by Gasteiger charge is -2.14. The zero-order chi connectivity index (χ0) is 21.5. The fourth-order valence-electron chi connectivity index (χ4n) is 2.80. The van der Waals surface area contributed by atoms with Crippen LogP contribution < -0.4 is 9.47 Å². The molecule has 0 amide bonds. The van der Waals surface area contributed by atoms with Crippen LogP contribution in [-0.2, 0) is 6.61 Å². The van der Waals surface area contributed by atoms with E-state index in [1.807, 2.05) is 36.4 Å². The standard InChI is InChI=1S/C23H17BrN2O4/c1-29-22-13-17(11-19(14-25)18-5-3-2-4-6-18)12-21(24)23(22)30-15-16-7-9-20(10-8-16)26(27)28/h2-13H,15H2,1H3. The first kappa shape index (κ1) is 21.1. The van der Waals surface area contributed by atoms with E-state index < -0.39 is 4.92 Å². The maximum Gasteiger partial charge on any atom is 0.269 e. The van der Waals surface area contributed by atoms with Gasteiger partial charge < -0.3 is 9.47 Å². The Bertz CT molecular complexity index is 1120. The number of methoxy groups -OCH3 is 1. The number of hydrogen-bond acceptors (Lipinski definition) is 5. The lowest BCUT2D eigenvalue weighted by molar-refractivity contribution is -0.384. The Morgan fingerprint density at radius 3 is 2.47 bits per heavy atom. The van der Waals surface area contributed by atoms with Crippen molar-refractivity contribution >= 4 is 33.3 Å². The van der Waals surface area contributed by atoms with Crippen LogP contribution in [0, 0.1) is 21.4 Å². The van der Waals surface area contributed by atoms with E-state index in [2.05, 4.69) is 22.0 Å². The number of benzene rings is 3. The van der Waals surface area contributed by atoms with Crippen LogP contribution in [0.1, 0.15) is 16.7 Å². The van der Waals surface area contributed by atoms with Crippen LogP contribution in [0.25, 0.3) is 11.6 Å². The number of halogens is 1. The fourth-order valence-corrected chi connectivity index (χ4v) is 3.37. The molecule has 0 unspecified atom stereocenters. The third-order valence-corrected chi connectivity index (χ3v) is 4.89. The normalized spacial score (nSPS) is 10.9. The molecular weight excluding hydrogens is 448 g/mol. The molecule has 3 aromatic rings. The van der Waals surface area contributed by atoms with Gasteiger partial charge >= 0.3 is 0 Å². The SMILES string of the molecule is COc1cc(C=C(C#N)c2ccccc2)cc(Br)c1OCc1ccc([N+](=O)[O-])cc1. The van der Waals surface area contributed by atoms with Gasteiger partial charge in [0.25, 0.3) is 5.69 Å². The van der Waals surface area contributed by atoms with Gasteiger partial charge in [-0.05, 0) is 63.0 Å². The second-order valence-electron chi connectivity index (χ2n) is 6.28. The number of nitro benzene ring substituents is 1. The quantitative estimate of drug-likeness (QED) is 0.185. The van der Waals surface area contributed by atoms with Gasteiger partial charge in [-0.15, -0.1) is 0 Å². The lowest BCUT2D eigenvalue weighted by atomic mass is 10.0. The molecule has 7 heteroatoms. The minimum absolute atomic E-state index is 0.0281. The molecule has 0 bridgehead atoms. The molecule has 0 atom stereocenters. The van der Waals surface area contributed by atoms with Crippen molar-refractivity contribution in [2.75, 3.05) is 7.11 Å². The van der Waals surface area contributed by atoms with Gasteiger partial charge in [-0.2, -0.15) is 5.26 Å². The first-order valence-corrected chi connectivity index (χ1v) is 9.72. The minimum Gasteiger partial charge on any atom is -0.493 e. The third-order valence-electron chi connectivity index (χ3n) is 4.30. The molecule has 150 valence electrons. The van der Waals surface area contributed by atoms with Crippen molar-refractivity contribution in [2.24, 2.45) is 0 Å². The molecular formula is C23H17BrN2O4. The molecule has 0 aliphatic rings. The van der Waals surface area contributed by atoms with E-state index in [9.17, 15) is 15.4 Å². The highest BCUT2D eigenvalue weighted by Gasteiger charge is 2.13. The smallest absolute Gasteiger partial charge is 0.269 e. The van der Waals surface area contributed by atoms with E-state index in [0.717, 1.165) is 16.7 Å². The van der Waals surface area contributed by atoms with Crippen LogP contribution in [-0.4, -0.2) is 12.0 Å². The molecule has 6 nitrogen and oxygen atoms in total. The highest BCUT2D eigenvalue weighted by molar-refractivity contribution is 9.10. The Morgan fingerprint density at radius 1 is 1.17 bits per heavy atom. The Hall–Kier alpha value is -3.63. The Labute approximate surface area is 182 Å². The number of nitro groups is 1. The van der Waals surface area contributed by atoms with Crippen molar-refractivity contribution in [1.29, 1.82) is 5.26 Å². The highest BCUT2D eigenvalue weighted by atomic mass is 79.9. The molecule has 0 saturated carbocycles. The van der Waals surface area contributed by atoms with Gasteiger partial charge in [-0.1, -0.05) is 30.3 Å². The van der Waals surface area contributed by atoms with Gasteiger partial charge in [-0.3, -0.25) is 10.1 Å². The van der Waals surface area contributed by atoms with Crippen LogP contribution in [0.2, 0.25) is 0 Å². The largest absolute Gasteiger partial charge is 0.493 e. The van der Waals surface area contributed by atoms with Crippen LogP contribution in [0.15, 0.2) is 71.2 Å². The van der Waals surface area contributed by atoms with Crippen LogP contribution >= 0.6 is 15.9 Å². The van der Waals surface area contributed by atoms with Crippen LogP contribution in [0.5, 0.6) is 11.5 Å². The number of rotatable bonds is 7. The van der Waals surface area contributed by atoms with Crippen molar-refractivity contribution in [3.8, 4) is 17.6 Å². The van der Waals surface area contributed by atoms with Crippen LogP contribution in [0.3, 0.4) is 0 Å². The topological polar surface area (TPSA) is 85.4 Å². The van der Waals surface area contributed by atoms with Gasteiger partial charge in [0.1, 0.15) is 6.61 Å². The molecule has 0 N–H and O–H groups in total. The van der Waals surface area contributed by atoms with E-state index in [4.69, 9.17) is 9.47 Å². The molecule has 3 rings (SSSR count). The number of nitriles is 1. The van der Waals surface area contributed by atoms with Gasteiger partial charge in [0.05, 0.1) is 28.1 Å². The predicted octanol–water partition coefficient (Wildman–Crippen LogP) is 6.01. The zero-order valence-corrected chi connectivity index (χ0v) is 17.6. The second-order valence-corrected chi connectivity index (χ2v) is 7.14. The Kier molecular flexibility index (Phi) is 6.83. The molecule has 0 spiro atoms. The average Bonchev–Trinajstić information content (AvgIpc) is 2.77. The van der Waals surface area contributed by atoms with E-state index in [1.54, 1.807) is 24.3 Å². The summed E-state index contributed by atoms with van der Waals surface area (Å²) in [4.78, 5) is 10.3. The van der Waals surface area contributed by atoms with E-state index >= 15 is 0 Å². The van der Waals surface area contributed by atoms with Crippen molar-refractivity contribution in [3.05, 3.63) is 98.0 Å². The first-order chi connectivity index (χ1) is 14.5. The van der Waals surface area contributed by atoms with Gasteiger partial charge in [0.2, 0.25) is 0 Å². The summed E-state index contributed by atoms with van der Waals surface area (Å²) >= 11 is 3.50. The molecule has 0 aliphatic heterocycles. The van der Waals surface area contributed by atoms with Gasteiger partial charge in [-0.25, -0.2) is 0 Å². The van der Waals surface area contributed by atoms with Crippen molar-refractivity contribution in [3.63, 3.8) is 0 Å². The van der Waals surface area contributed by atoms with Gasteiger partial charge in [0.15, 0.2) is 11.5 Å². The Morgan fingerprint density at radius 2 is 1.87 bits per heavy atom. The van der Waals surface area contributed by atoms with Crippen LogP contribution in [0.4, 0.5) is 5.69 Å². The van der Waals surface area contributed by atoms with Gasteiger partial charge in [0, 0.05) is 12.1 Å². The minimum atomic E-state index is -0.443. The maximum atomic E-state index is 10.8. The summed E-state index contributed by atoms with van der Waals surface area (Å²) in [6.45, 7) is 0.218. The number of hydrogen-bond donors (Lipinski definition) is 0. The summed E-state index contributed by atoms with van der Waals surface area (Å²) in [5.41, 5.74) is 2.95. The summed E-state index contributed by atoms with van der Waals surface area (Å²) in [6.07, 6.45) is 1.78. The summed E-state index contributed by atoms with van der Waals surface area (Å²) < 4.78 is 12.0. The number of nitrogens with zero attached hydrogens (tertiary/aromatic N) is 2. The fraction of sp³-hybridized carbons (Fsp3) is 0.0870. The molecule has 0 saturated heterocycles. The van der Waals surface area contributed by atoms with E-state index in [1.165, 1.54) is 19.2 Å². The highest BCUT2D eigenvalue weighted by Crippen LogP contribution is 2.38. The van der Waals surface area contributed by atoms with Crippen molar-refractivity contribution in [2.45, 2.75) is 6.61 Å². The second kappa shape index (κ2) is 9.72. The molecule has 0 fully saturated rings. The first-order valence-electron chi connectivity index (χ1n) is 8.92. The third kappa shape index (κ3) is 5.04. The molecule has 0 radical (unpaired) electrons. The number of ether oxygens (including phenoxy) is 2. The monoisotopic (exact) mass is 464 g/mol. The van der Waals surface area contributed by atoms with E-state index in [0.29, 0.717) is 21.5 Å². The van der Waals surface area contributed by atoms with E-state index in [-0.39, 0.29) is 12.3 Å². The summed E-state index contributed by atoms with van der Waals surface area (Å²) in [7, 11) is 1.54. The maximum absolute atomic E-state index is 10.8. The Balaban J connectivity index is 1.84. The molecule has 0 heterocycles. The van der Waals surface area contributed by atoms with Crippen molar-refractivity contribution < 1.29 is 14.4 Å². The number of non-ortho nitro benzene ring substituents is 1. The molecule has 30 heavy (non-hydrogen) atoms.